The number of hydrogen-bond acceptors (Lipinski definition) is 6. The highest BCUT2D eigenvalue weighted by molar-refractivity contribution is 6.03. The van der Waals surface area contributed by atoms with E-state index in [1.807, 2.05) is 19.2 Å². The Hall–Kier alpha value is -3.13. The highest BCUT2D eigenvalue weighted by Crippen LogP contribution is 2.32. The maximum Gasteiger partial charge on any atom is 0.277 e. The smallest absolute Gasteiger partial charge is 0.277 e. The van der Waals surface area contributed by atoms with Gasteiger partial charge in [0, 0.05) is 37.1 Å². The second kappa shape index (κ2) is 7.18. The van der Waals surface area contributed by atoms with Crippen LogP contribution in [-0.2, 0) is 7.05 Å². The molecule has 0 atom stereocenters. The van der Waals surface area contributed by atoms with Gasteiger partial charge in [-0.2, -0.15) is 5.10 Å². The average molecular weight is 341 g/mol. The van der Waals surface area contributed by atoms with Crippen LogP contribution >= 0.6 is 0 Å². The Morgan fingerprint density at radius 2 is 2.20 bits per heavy atom. The van der Waals surface area contributed by atoms with Crippen LogP contribution < -0.4 is 15.8 Å². The first-order valence-electron chi connectivity index (χ1n) is 7.78. The van der Waals surface area contributed by atoms with Crippen LogP contribution in [0.4, 0.5) is 5.69 Å². The predicted molar refractivity (Wildman–Crippen MR) is 92.4 cm³/mol. The summed E-state index contributed by atoms with van der Waals surface area (Å²) in [7, 11) is 1.84. The minimum absolute atomic E-state index is 0.225. The summed E-state index contributed by atoms with van der Waals surface area (Å²) in [5, 5.41) is 10.7. The Labute approximate surface area is 144 Å². The van der Waals surface area contributed by atoms with Gasteiger partial charge >= 0.3 is 0 Å². The summed E-state index contributed by atoms with van der Waals surface area (Å²) in [5.74, 6) is 0.902. The molecule has 1 amide bonds. The number of carbonyl (C=O) groups is 1. The van der Waals surface area contributed by atoms with Crippen molar-refractivity contribution < 1.29 is 14.1 Å². The second-order valence-corrected chi connectivity index (χ2v) is 5.47. The van der Waals surface area contributed by atoms with Gasteiger partial charge in [0.05, 0.1) is 5.69 Å². The van der Waals surface area contributed by atoms with Crippen LogP contribution in [0, 0.1) is 6.92 Å². The first-order chi connectivity index (χ1) is 12.1. The molecule has 0 saturated carbocycles. The van der Waals surface area contributed by atoms with Gasteiger partial charge in [-0.15, -0.1) is 0 Å². The van der Waals surface area contributed by atoms with Gasteiger partial charge in [-0.1, -0.05) is 5.16 Å². The van der Waals surface area contributed by atoms with Crippen molar-refractivity contribution in [1.29, 1.82) is 0 Å². The van der Waals surface area contributed by atoms with Gasteiger partial charge in [-0.25, -0.2) is 0 Å². The number of benzene rings is 1. The van der Waals surface area contributed by atoms with Gasteiger partial charge in [0.2, 0.25) is 0 Å². The number of nitrogens with one attached hydrogen (secondary N) is 1. The Morgan fingerprint density at radius 3 is 2.84 bits per heavy atom. The average Bonchev–Trinajstić information content (AvgIpc) is 3.22. The van der Waals surface area contributed by atoms with Crippen LogP contribution in [0.5, 0.6) is 5.75 Å². The number of anilines is 1. The molecule has 3 rings (SSSR count). The third-order valence-corrected chi connectivity index (χ3v) is 3.57. The number of rotatable bonds is 6. The van der Waals surface area contributed by atoms with E-state index in [-0.39, 0.29) is 11.6 Å². The number of aromatic nitrogens is 3. The monoisotopic (exact) mass is 341 g/mol. The van der Waals surface area contributed by atoms with Crippen molar-refractivity contribution >= 4 is 11.6 Å². The summed E-state index contributed by atoms with van der Waals surface area (Å²) < 4.78 is 12.4. The fourth-order valence-electron chi connectivity index (χ4n) is 2.41. The molecule has 1 aromatic carbocycles. The number of carbonyl (C=O) groups excluding carboxylic acids is 1. The standard InChI is InChI=1S/C17H19N5O3/c1-11-9-14(21-25-11)17(23)20-12-3-4-16(24-8-6-18)13(10-12)15-5-7-19-22(15)2/h3-5,7,9-10H,6,8,18H2,1-2H3,(H,20,23). The first kappa shape index (κ1) is 16.7. The Kier molecular flexibility index (Phi) is 4.80. The third kappa shape index (κ3) is 3.69. The molecule has 3 aromatic rings. The molecule has 0 bridgehead atoms. The van der Waals surface area contributed by atoms with Crippen molar-refractivity contribution in [2.75, 3.05) is 18.5 Å². The van der Waals surface area contributed by atoms with Crippen LogP contribution in [0.1, 0.15) is 16.2 Å². The molecule has 8 heteroatoms. The molecule has 2 aromatic heterocycles. The molecule has 0 unspecified atom stereocenters. The molecule has 130 valence electrons. The van der Waals surface area contributed by atoms with Gasteiger partial charge in [0.1, 0.15) is 18.1 Å². The van der Waals surface area contributed by atoms with Crippen molar-refractivity contribution in [2.24, 2.45) is 12.8 Å². The lowest BCUT2D eigenvalue weighted by atomic mass is 10.1. The quantitative estimate of drug-likeness (QED) is 0.709. The number of nitrogens with zero attached hydrogens (tertiary/aromatic N) is 3. The van der Waals surface area contributed by atoms with Gasteiger partial charge in [0.25, 0.3) is 5.91 Å². The fraction of sp³-hybridized carbons (Fsp3) is 0.235. The molecule has 0 aliphatic rings. The van der Waals surface area contributed by atoms with E-state index in [1.165, 1.54) is 0 Å². The van der Waals surface area contributed by atoms with E-state index in [0.717, 1.165) is 11.3 Å². The topological polar surface area (TPSA) is 108 Å². The normalized spacial score (nSPS) is 10.7. The number of hydrogen-bond donors (Lipinski definition) is 2. The van der Waals surface area contributed by atoms with Crippen LogP contribution in [0.25, 0.3) is 11.3 Å². The minimum Gasteiger partial charge on any atom is -0.492 e. The zero-order valence-electron chi connectivity index (χ0n) is 14.0. The molecule has 8 nitrogen and oxygen atoms in total. The van der Waals surface area contributed by atoms with E-state index < -0.39 is 0 Å². The molecule has 0 spiro atoms. The molecule has 2 heterocycles. The molecular formula is C17H19N5O3. The van der Waals surface area contributed by atoms with Gasteiger partial charge < -0.3 is 20.3 Å². The molecule has 25 heavy (non-hydrogen) atoms. The van der Waals surface area contributed by atoms with E-state index in [4.69, 9.17) is 15.0 Å². The zero-order valence-corrected chi connectivity index (χ0v) is 14.0. The SMILES string of the molecule is Cc1cc(C(=O)Nc2ccc(OCCN)c(-c3ccnn3C)c2)no1. The highest BCUT2D eigenvalue weighted by atomic mass is 16.5. The Balaban J connectivity index is 1.91. The molecule has 0 fully saturated rings. The lowest BCUT2D eigenvalue weighted by Crippen LogP contribution is -2.13. The van der Waals surface area contributed by atoms with E-state index >= 15 is 0 Å². The number of amides is 1. The lowest BCUT2D eigenvalue weighted by molar-refractivity contribution is 0.101. The first-order valence-corrected chi connectivity index (χ1v) is 7.78. The number of ether oxygens (including phenoxy) is 1. The summed E-state index contributed by atoms with van der Waals surface area (Å²) in [6, 6.07) is 8.83. The van der Waals surface area contributed by atoms with Gasteiger partial charge in [-0.3, -0.25) is 9.48 Å². The molecule has 0 radical (unpaired) electrons. The lowest BCUT2D eigenvalue weighted by Gasteiger charge is -2.13. The van der Waals surface area contributed by atoms with Crippen molar-refractivity contribution in [2.45, 2.75) is 6.92 Å². The zero-order chi connectivity index (χ0) is 17.8. The van der Waals surface area contributed by atoms with Crippen LogP contribution in [0.3, 0.4) is 0 Å². The van der Waals surface area contributed by atoms with Crippen molar-refractivity contribution in [1.82, 2.24) is 14.9 Å². The van der Waals surface area contributed by atoms with Crippen LogP contribution in [0.2, 0.25) is 0 Å². The predicted octanol–water partition coefficient (Wildman–Crippen LogP) is 1.97. The van der Waals surface area contributed by atoms with E-state index in [2.05, 4.69) is 15.6 Å². The van der Waals surface area contributed by atoms with E-state index in [0.29, 0.717) is 30.3 Å². The van der Waals surface area contributed by atoms with Gasteiger partial charge in [-0.05, 0) is 31.2 Å². The van der Waals surface area contributed by atoms with E-state index in [1.54, 1.807) is 36.0 Å². The van der Waals surface area contributed by atoms with Crippen LogP contribution in [0.15, 0.2) is 41.1 Å². The molecule has 0 saturated heterocycles. The van der Waals surface area contributed by atoms with Crippen molar-refractivity contribution in [3.8, 4) is 17.0 Å². The summed E-state index contributed by atoms with van der Waals surface area (Å²) in [5.41, 5.74) is 8.03. The van der Waals surface area contributed by atoms with Crippen molar-refractivity contribution in [3.63, 3.8) is 0 Å². The minimum atomic E-state index is -0.344. The summed E-state index contributed by atoms with van der Waals surface area (Å²) >= 11 is 0. The Morgan fingerprint density at radius 1 is 1.36 bits per heavy atom. The largest absolute Gasteiger partial charge is 0.492 e. The second-order valence-electron chi connectivity index (χ2n) is 5.47. The summed E-state index contributed by atoms with van der Waals surface area (Å²) in [4.78, 5) is 12.3. The highest BCUT2D eigenvalue weighted by Gasteiger charge is 2.15. The summed E-state index contributed by atoms with van der Waals surface area (Å²) in [6.07, 6.45) is 1.70. The van der Waals surface area contributed by atoms with Crippen LogP contribution in [-0.4, -0.2) is 34.0 Å². The number of nitrogens with two attached hydrogens (primary N) is 1. The number of aryl methyl sites for hydroxylation is 2. The Bertz CT molecular complexity index is 884. The van der Waals surface area contributed by atoms with Crippen molar-refractivity contribution in [3.05, 3.63) is 48.0 Å². The fourth-order valence-corrected chi connectivity index (χ4v) is 2.41. The molecule has 0 aliphatic carbocycles. The maximum atomic E-state index is 12.3. The molecule has 3 N–H and O–H groups in total. The maximum absolute atomic E-state index is 12.3. The third-order valence-electron chi connectivity index (χ3n) is 3.57. The molecule has 0 aliphatic heterocycles. The van der Waals surface area contributed by atoms with E-state index in [9.17, 15) is 4.79 Å². The summed E-state index contributed by atoms with van der Waals surface area (Å²) in [6.45, 7) is 2.54. The molecular weight excluding hydrogens is 322 g/mol. The van der Waals surface area contributed by atoms with Gasteiger partial charge in [0.15, 0.2) is 5.69 Å².